The van der Waals surface area contributed by atoms with Gasteiger partial charge in [-0.1, -0.05) is 6.07 Å². The number of rotatable bonds is 5. The number of alkyl halides is 5. The molecule has 29 heavy (non-hydrogen) atoms. The van der Waals surface area contributed by atoms with Crippen LogP contribution >= 0.6 is 0 Å². The summed E-state index contributed by atoms with van der Waals surface area (Å²) in [5.74, 6) is -0.0636. The molecule has 1 amide bonds. The molecule has 156 valence electrons. The summed E-state index contributed by atoms with van der Waals surface area (Å²) >= 11 is 0. The molecule has 0 saturated carbocycles. The predicted molar refractivity (Wildman–Crippen MR) is 95.0 cm³/mol. The van der Waals surface area contributed by atoms with Crippen molar-refractivity contribution in [2.24, 2.45) is 0 Å². The third-order valence-electron chi connectivity index (χ3n) is 4.55. The molecule has 1 aliphatic rings. The highest BCUT2D eigenvalue weighted by Crippen LogP contribution is 2.29. The van der Waals surface area contributed by atoms with Crippen molar-refractivity contribution in [2.45, 2.75) is 31.7 Å². The Bertz CT molecular complexity index is 834. The van der Waals surface area contributed by atoms with E-state index in [1.807, 2.05) is 4.90 Å². The largest absolute Gasteiger partial charge is 0.435 e. The van der Waals surface area contributed by atoms with Gasteiger partial charge < -0.3 is 15.0 Å². The number of halogens is 5. The van der Waals surface area contributed by atoms with Gasteiger partial charge in [0, 0.05) is 30.9 Å². The summed E-state index contributed by atoms with van der Waals surface area (Å²) in [5.41, 5.74) is -0.601. The van der Waals surface area contributed by atoms with E-state index < -0.39 is 24.3 Å². The van der Waals surface area contributed by atoms with Crippen LogP contribution in [0.2, 0.25) is 0 Å². The SMILES string of the molecule is O=C(NC1CCN(c2ccc(C(F)(F)F)cn2)CC1)c1cccc(OC(F)F)c1. The van der Waals surface area contributed by atoms with E-state index in [4.69, 9.17) is 0 Å². The minimum absolute atomic E-state index is 0.101. The number of nitrogens with one attached hydrogen (secondary N) is 1. The average Bonchev–Trinajstić information content (AvgIpc) is 2.68. The van der Waals surface area contributed by atoms with E-state index in [9.17, 15) is 26.7 Å². The molecule has 3 rings (SSSR count). The minimum Gasteiger partial charge on any atom is -0.435 e. The van der Waals surface area contributed by atoms with Crippen molar-refractivity contribution in [2.75, 3.05) is 18.0 Å². The van der Waals surface area contributed by atoms with Crippen LogP contribution in [0.4, 0.5) is 27.8 Å². The van der Waals surface area contributed by atoms with Gasteiger partial charge in [-0.2, -0.15) is 22.0 Å². The number of carbonyl (C=O) groups is 1. The van der Waals surface area contributed by atoms with Crippen molar-refractivity contribution in [3.8, 4) is 5.75 Å². The van der Waals surface area contributed by atoms with Gasteiger partial charge >= 0.3 is 12.8 Å². The lowest BCUT2D eigenvalue weighted by Gasteiger charge is -2.33. The monoisotopic (exact) mass is 415 g/mol. The summed E-state index contributed by atoms with van der Waals surface area (Å²) < 4.78 is 66.7. The fraction of sp³-hybridized carbons (Fsp3) is 0.368. The number of hydrogen-bond acceptors (Lipinski definition) is 4. The van der Waals surface area contributed by atoms with E-state index in [0.717, 1.165) is 12.3 Å². The number of pyridine rings is 1. The molecule has 1 aromatic carbocycles. The van der Waals surface area contributed by atoms with Crippen molar-refractivity contribution in [3.05, 3.63) is 53.7 Å². The maximum Gasteiger partial charge on any atom is 0.417 e. The van der Waals surface area contributed by atoms with Crippen molar-refractivity contribution in [3.63, 3.8) is 0 Å². The van der Waals surface area contributed by atoms with Crippen LogP contribution in [0.1, 0.15) is 28.8 Å². The van der Waals surface area contributed by atoms with Crippen LogP contribution in [0.25, 0.3) is 0 Å². The molecule has 0 bridgehead atoms. The number of aromatic nitrogens is 1. The van der Waals surface area contributed by atoms with Crippen LogP contribution in [0.3, 0.4) is 0 Å². The predicted octanol–water partition coefficient (Wildman–Crippen LogP) is 4.10. The molecule has 1 fully saturated rings. The summed E-state index contributed by atoms with van der Waals surface area (Å²) in [6, 6.07) is 7.69. The molecule has 0 radical (unpaired) electrons. The third kappa shape index (κ3) is 5.55. The summed E-state index contributed by atoms with van der Waals surface area (Å²) in [6.07, 6.45) is -2.48. The van der Waals surface area contributed by atoms with Crippen LogP contribution < -0.4 is 15.0 Å². The van der Waals surface area contributed by atoms with Gasteiger partial charge in [0.2, 0.25) is 0 Å². The first kappa shape index (κ1) is 20.8. The van der Waals surface area contributed by atoms with Gasteiger partial charge in [-0.3, -0.25) is 4.79 Å². The van der Waals surface area contributed by atoms with Gasteiger partial charge in [0.25, 0.3) is 5.91 Å². The molecule has 1 aromatic heterocycles. The molecule has 5 nitrogen and oxygen atoms in total. The Balaban J connectivity index is 1.54. The molecule has 1 aliphatic heterocycles. The minimum atomic E-state index is -4.43. The normalized spacial score (nSPS) is 15.4. The maximum atomic E-state index is 12.6. The highest BCUT2D eigenvalue weighted by molar-refractivity contribution is 5.94. The molecule has 1 saturated heterocycles. The molecule has 2 heterocycles. The lowest BCUT2D eigenvalue weighted by atomic mass is 10.0. The number of benzene rings is 1. The zero-order valence-electron chi connectivity index (χ0n) is 15.1. The van der Waals surface area contributed by atoms with E-state index in [0.29, 0.717) is 31.7 Å². The van der Waals surface area contributed by atoms with Crippen molar-refractivity contribution < 1.29 is 31.5 Å². The Hall–Kier alpha value is -2.91. The van der Waals surface area contributed by atoms with E-state index in [-0.39, 0.29) is 17.4 Å². The number of carbonyl (C=O) groups excluding carboxylic acids is 1. The van der Waals surface area contributed by atoms with Crippen LogP contribution in [0.5, 0.6) is 5.75 Å². The number of anilines is 1. The topological polar surface area (TPSA) is 54.5 Å². The summed E-state index contributed by atoms with van der Waals surface area (Å²) in [7, 11) is 0. The van der Waals surface area contributed by atoms with Crippen molar-refractivity contribution in [1.82, 2.24) is 10.3 Å². The second kappa shape index (κ2) is 8.62. The Kier molecular flexibility index (Phi) is 6.19. The molecule has 0 atom stereocenters. The van der Waals surface area contributed by atoms with Gasteiger partial charge in [0.1, 0.15) is 11.6 Å². The van der Waals surface area contributed by atoms with E-state index in [2.05, 4.69) is 15.0 Å². The molecule has 0 unspecified atom stereocenters. The average molecular weight is 415 g/mol. The Morgan fingerprint density at radius 3 is 2.48 bits per heavy atom. The first-order valence-corrected chi connectivity index (χ1v) is 8.86. The van der Waals surface area contributed by atoms with Gasteiger partial charge in [0.05, 0.1) is 5.56 Å². The molecule has 2 aromatic rings. The van der Waals surface area contributed by atoms with Crippen LogP contribution in [-0.4, -0.2) is 36.6 Å². The van der Waals surface area contributed by atoms with Gasteiger partial charge in [0.15, 0.2) is 0 Å². The maximum absolute atomic E-state index is 12.6. The van der Waals surface area contributed by atoms with Crippen LogP contribution in [-0.2, 0) is 6.18 Å². The summed E-state index contributed by atoms with van der Waals surface area (Å²) in [6.45, 7) is -1.95. The fourth-order valence-corrected chi connectivity index (χ4v) is 3.08. The standard InChI is InChI=1S/C19H18F5N3O2/c20-18(21)29-15-3-1-2-12(10-15)17(28)26-14-6-8-27(9-7-14)16-5-4-13(11-25-16)19(22,23)24/h1-5,10-11,14,18H,6-9H2,(H,26,28). The smallest absolute Gasteiger partial charge is 0.417 e. The van der Waals surface area contributed by atoms with Gasteiger partial charge in [-0.25, -0.2) is 4.98 Å². The fourth-order valence-electron chi connectivity index (χ4n) is 3.08. The number of hydrogen-bond donors (Lipinski definition) is 1. The molecular weight excluding hydrogens is 397 g/mol. The van der Waals surface area contributed by atoms with E-state index >= 15 is 0 Å². The number of amides is 1. The number of nitrogens with zero attached hydrogens (tertiary/aromatic N) is 2. The quantitative estimate of drug-likeness (QED) is 0.748. The molecule has 10 heteroatoms. The van der Waals surface area contributed by atoms with E-state index in [1.165, 1.54) is 30.3 Å². The first-order valence-electron chi connectivity index (χ1n) is 8.86. The van der Waals surface area contributed by atoms with E-state index in [1.54, 1.807) is 0 Å². The first-order chi connectivity index (χ1) is 13.7. The number of piperidine rings is 1. The lowest BCUT2D eigenvalue weighted by molar-refractivity contribution is -0.137. The van der Waals surface area contributed by atoms with Gasteiger partial charge in [-0.05, 0) is 43.2 Å². The second-order valence-electron chi connectivity index (χ2n) is 6.54. The Labute approximate surface area is 163 Å². The number of ether oxygens (including phenoxy) is 1. The highest BCUT2D eigenvalue weighted by Gasteiger charge is 2.31. The Morgan fingerprint density at radius 2 is 1.90 bits per heavy atom. The van der Waals surface area contributed by atoms with Crippen LogP contribution in [0.15, 0.2) is 42.6 Å². The highest BCUT2D eigenvalue weighted by atomic mass is 19.4. The zero-order valence-corrected chi connectivity index (χ0v) is 15.1. The van der Waals surface area contributed by atoms with Crippen molar-refractivity contribution in [1.29, 1.82) is 0 Å². The van der Waals surface area contributed by atoms with Crippen molar-refractivity contribution >= 4 is 11.7 Å². The molecule has 0 spiro atoms. The van der Waals surface area contributed by atoms with Crippen LogP contribution in [0, 0.1) is 0 Å². The molecule has 1 N–H and O–H groups in total. The molecule has 0 aliphatic carbocycles. The summed E-state index contributed by atoms with van der Waals surface area (Å²) in [4.78, 5) is 18.1. The third-order valence-corrected chi connectivity index (χ3v) is 4.55. The zero-order chi connectivity index (χ0) is 21.0. The Morgan fingerprint density at radius 1 is 1.17 bits per heavy atom. The summed E-state index contributed by atoms with van der Waals surface area (Å²) in [5, 5.41) is 2.84. The second-order valence-corrected chi connectivity index (χ2v) is 6.54. The lowest BCUT2D eigenvalue weighted by Crippen LogP contribution is -2.45. The molecular formula is C19H18F5N3O2. The van der Waals surface area contributed by atoms with Gasteiger partial charge in [-0.15, -0.1) is 0 Å².